The first-order valence-corrected chi connectivity index (χ1v) is 10.4. The lowest BCUT2D eigenvalue weighted by atomic mass is 10.1. The van der Waals surface area contributed by atoms with E-state index >= 15 is 0 Å². The number of hydrogen-bond donors (Lipinski definition) is 1. The molecule has 0 fully saturated rings. The quantitative estimate of drug-likeness (QED) is 0.247. The van der Waals surface area contributed by atoms with Gasteiger partial charge >= 0.3 is 12.1 Å². The average Bonchev–Trinajstić information content (AvgIpc) is 2.84. The Balaban J connectivity index is 1.68. The number of alkyl halides is 3. The standard InChI is InChI=1S/C25H19F4N3O3/c1-14(15-6-8-17(9-7-15)24(33)34-2)32-22-20-16(10-12-30-22)11-13-31-23(20)35-19-5-3-4-18(21(19)26)25(27,28)29/h3-14H,1-2H3,(H,30,32)/t14-/m0/s1. The van der Waals surface area contributed by atoms with Gasteiger partial charge in [0.2, 0.25) is 5.88 Å². The molecule has 2 aromatic heterocycles. The third-order valence-corrected chi connectivity index (χ3v) is 5.30. The van der Waals surface area contributed by atoms with Crippen molar-refractivity contribution in [3.63, 3.8) is 0 Å². The van der Waals surface area contributed by atoms with E-state index < -0.39 is 29.3 Å². The number of fused-ring (bicyclic) bond motifs is 1. The summed E-state index contributed by atoms with van der Waals surface area (Å²) < 4.78 is 64.2. The first kappa shape index (κ1) is 23.9. The molecular formula is C25H19F4N3O3. The van der Waals surface area contributed by atoms with Crippen LogP contribution in [0.15, 0.2) is 67.0 Å². The Bertz CT molecular complexity index is 1370. The predicted octanol–water partition coefficient (Wildman–Crippen LogP) is 6.54. The van der Waals surface area contributed by atoms with Crippen molar-refractivity contribution < 1.29 is 31.8 Å². The van der Waals surface area contributed by atoms with Gasteiger partial charge in [0.1, 0.15) is 5.82 Å². The van der Waals surface area contributed by atoms with E-state index in [1.54, 1.807) is 42.6 Å². The molecule has 0 amide bonds. The Kier molecular flexibility index (Phi) is 6.54. The molecule has 0 unspecified atom stereocenters. The zero-order chi connectivity index (χ0) is 25.2. The zero-order valence-electron chi connectivity index (χ0n) is 18.6. The molecule has 4 rings (SSSR count). The highest BCUT2D eigenvalue weighted by atomic mass is 19.4. The van der Waals surface area contributed by atoms with Crippen molar-refractivity contribution in [2.75, 3.05) is 12.4 Å². The van der Waals surface area contributed by atoms with Gasteiger partial charge < -0.3 is 14.8 Å². The second-order valence-electron chi connectivity index (χ2n) is 7.57. The molecule has 0 spiro atoms. The van der Waals surface area contributed by atoms with Gasteiger partial charge in [-0.3, -0.25) is 0 Å². The van der Waals surface area contributed by atoms with Crippen LogP contribution in [0.4, 0.5) is 23.4 Å². The first-order chi connectivity index (χ1) is 16.7. The van der Waals surface area contributed by atoms with Crippen LogP contribution in [0.2, 0.25) is 0 Å². The van der Waals surface area contributed by atoms with Crippen LogP contribution in [-0.2, 0) is 10.9 Å². The van der Waals surface area contributed by atoms with Crippen molar-refractivity contribution in [1.29, 1.82) is 0 Å². The fourth-order valence-electron chi connectivity index (χ4n) is 3.50. The van der Waals surface area contributed by atoms with Crippen molar-refractivity contribution >= 4 is 22.6 Å². The van der Waals surface area contributed by atoms with Gasteiger partial charge in [0.05, 0.1) is 23.6 Å². The molecule has 0 aliphatic rings. The number of benzene rings is 2. The summed E-state index contributed by atoms with van der Waals surface area (Å²) in [5, 5.41) is 4.22. The van der Waals surface area contributed by atoms with Gasteiger partial charge in [0.15, 0.2) is 11.6 Å². The number of halogens is 4. The minimum absolute atomic E-state index is 0.107. The summed E-state index contributed by atoms with van der Waals surface area (Å²) >= 11 is 0. The van der Waals surface area contributed by atoms with Gasteiger partial charge in [0.25, 0.3) is 0 Å². The molecule has 35 heavy (non-hydrogen) atoms. The van der Waals surface area contributed by atoms with E-state index in [2.05, 4.69) is 15.3 Å². The zero-order valence-corrected chi connectivity index (χ0v) is 18.6. The van der Waals surface area contributed by atoms with Crippen LogP contribution in [0.5, 0.6) is 11.6 Å². The van der Waals surface area contributed by atoms with E-state index in [0.29, 0.717) is 28.2 Å². The number of nitrogens with one attached hydrogen (secondary N) is 1. The highest BCUT2D eigenvalue weighted by molar-refractivity contribution is 5.96. The van der Waals surface area contributed by atoms with Gasteiger partial charge in [-0.2, -0.15) is 13.2 Å². The summed E-state index contributed by atoms with van der Waals surface area (Å²) in [5.74, 6) is -2.37. The number of rotatable bonds is 6. The molecule has 0 radical (unpaired) electrons. The molecule has 0 saturated heterocycles. The summed E-state index contributed by atoms with van der Waals surface area (Å²) in [6, 6.07) is 12.6. The number of aromatic nitrogens is 2. The van der Waals surface area contributed by atoms with Crippen molar-refractivity contribution in [2.24, 2.45) is 0 Å². The summed E-state index contributed by atoms with van der Waals surface area (Å²) in [5.41, 5.74) is -0.211. The van der Waals surface area contributed by atoms with E-state index in [0.717, 1.165) is 17.7 Å². The molecule has 1 atom stereocenters. The normalized spacial score (nSPS) is 12.3. The van der Waals surface area contributed by atoms with E-state index in [-0.39, 0.29) is 11.9 Å². The van der Waals surface area contributed by atoms with Crippen LogP contribution in [0.3, 0.4) is 0 Å². The lowest BCUT2D eigenvalue weighted by Gasteiger charge is -2.18. The average molecular weight is 485 g/mol. The summed E-state index contributed by atoms with van der Waals surface area (Å²) in [4.78, 5) is 20.1. The molecule has 2 heterocycles. The number of hydrogen-bond acceptors (Lipinski definition) is 6. The number of ether oxygens (including phenoxy) is 2. The molecular weight excluding hydrogens is 466 g/mol. The molecule has 4 aromatic rings. The van der Waals surface area contributed by atoms with Gasteiger partial charge in [0, 0.05) is 18.4 Å². The largest absolute Gasteiger partial charge is 0.465 e. The van der Waals surface area contributed by atoms with Crippen molar-refractivity contribution in [1.82, 2.24) is 9.97 Å². The van der Waals surface area contributed by atoms with Crippen LogP contribution in [0.25, 0.3) is 10.8 Å². The van der Waals surface area contributed by atoms with E-state index in [1.165, 1.54) is 13.3 Å². The summed E-state index contributed by atoms with van der Waals surface area (Å²) in [7, 11) is 1.30. The van der Waals surface area contributed by atoms with Crippen molar-refractivity contribution in [3.05, 3.63) is 89.5 Å². The predicted molar refractivity (Wildman–Crippen MR) is 121 cm³/mol. The smallest absolute Gasteiger partial charge is 0.419 e. The second-order valence-corrected chi connectivity index (χ2v) is 7.57. The summed E-state index contributed by atoms with van der Waals surface area (Å²) in [6.07, 6.45) is -1.92. The van der Waals surface area contributed by atoms with Crippen LogP contribution < -0.4 is 10.1 Å². The maximum Gasteiger partial charge on any atom is 0.419 e. The molecule has 2 aromatic carbocycles. The maximum absolute atomic E-state index is 14.6. The molecule has 0 aliphatic heterocycles. The number of carbonyl (C=O) groups excluding carboxylic acids is 1. The fourth-order valence-corrected chi connectivity index (χ4v) is 3.50. The number of carbonyl (C=O) groups is 1. The van der Waals surface area contributed by atoms with Crippen LogP contribution in [-0.4, -0.2) is 23.0 Å². The van der Waals surface area contributed by atoms with Crippen LogP contribution >= 0.6 is 0 Å². The van der Waals surface area contributed by atoms with Gasteiger partial charge in [-0.15, -0.1) is 0 Å². The maximum atomic E-state index is 14.6. The number of nitrogens with zero attached hydrogens (tertiary/aromatic N) is 2. The fraction of sp³-hybridized carbons (Fsp3) is 0.160. The topological polar surface area (TPSA) is 73.3 Å². The Morgan fingerprint density at radius 3 is 2.34 bits per heavy atom. The lowest BCUT2D eigenvalue weighted by Crippen LogP contribution is -2.10. The molecule has 0 bridgehead atoms. The van der Waals surface area contributed by atoms with Crippen molar-refractivity contribution in [2.45, 2.75) is 19.1 Å². The Morgan fingerprint density at radius 1 is 1.00 bits per heavy atom. The van der Waals surface area contributed by atoms with Crippen molar-refractivity contribution in [3.8, 4) is 11.6 Å². The van der Waals surface area contributed by atoms with Crippen LogP contribution in [0.1, 0.15) is 34.5 Å². The minimum Gasteiger partial charge on any atom is -0.465 e. The lowest BCUT2D eigenvalue weighted by molar-refractivity contribution is -0.140. The minimum atomic E-state index is -4.87. The van der Waals surface area contributed by atoms with Gasteiger partial charge in [-0.1, -0.05) is 18.2 Å². The highest BCUT2D eigenvalue weighted by Gasteiger charge is 2.35. The Hall–Kier alpha value is -4.21. The number of esters is 1. The number of methoxy groups -OCH3 is 1. The highest BCUT2D eigenvalue weighted by Crippen LogP contribution is 2.38. The third kappa shape index (κ3) is 5.01. The Labute approximate surface area is 197 Å². The van der Waals surface area contributed by atoms with E-state index in [9.17, 15) is 22.4 Å². The van der Waals surface area contributed by atoms with E-state index in [4.69, 9.17) is 9.47 Å². The summed E-state index contributed by atoms with van der Waals surface area (Å²) in [6.45, 7) is 1.86. The monoisotopic (exact) mass is 485 g/mol. The van der Waals surface area contributed by atoms with Crippen LogP contribution in [0, 0.1) is 5.82 Å². The van der Waals surface area contributed by atoms with E-state index in [1.807, 2.05) is 6.92 Å². The molecule has 0 saturated carbocycles. The van der Waals surface area contributed by atoms with Gasteiger partial charge in [-0.25, -0.2) is 19.2 Å². The number of pyridine rings is 2. The molecule has 0 aliphatic carbocycles. The first-order valence-electron chi connectivity index (χ1n) is 10.4. The molecule has 10 heteroatoms. The molecule has 6 nitrogen and oxygen atoms in total. The molecule has 180 valence electrons. The second kappa shape index (κ2) is 9.57. The number of anilines is 1. The Morgan fingerprint density at radius 2 is 1.69 bits per heavy atom. The third-order valence-electron chi connectivity index (χ3n) is 5.30. The molecule has 1 N–H and O–H groups in total. The van der Waals surface area contributed by atoms with Gasteiger partial charge in [-0.05, 0) is 54.3 Å². The SMILES string of the molecule is COC(=O)c1ccc([C@H](C)Nc2nccc3ccnc(Oc4cccc(C(F)(F)F)c4F)c23)cc1.